The first kappa shape index (κ1) is 16.3. The van der Waals surface area contributed by atoms with Crippen LogP contribution in [0.3, 0.4) is 0 Å². The smallest absolute Gasteiger partial charge is 0.241 e. The van der Waals surface area contributed by atoms with E-state index in [-0.39, 0.29) is 12.5 Å². The van der Waals surface area contributed by atoms with Crippen LogP contribution in [0.15, 0.2) is 23.2 Å². The van der Waals surface area contributed by atoms with E-state index in [2.05, 4.69) is 20.6 Å². The monoisotopic (exact) mass is 303 g/mol. The Kier molecular flexibility index (Phi) is 6.18. The molecule has 0 saturated carbocycles. The SMILES string of the molecule is CCNC(=NCc1cccc(C)n1)NCC(=O)N1CCCC1. The Labute approximate surface area is 132 Å². The van der Waals surface area contributed by atoms with Crippen molar-refractivity contribution in [1.82, 2.24) is 20.5 Å². The molecule has 1 aromatic rings. The molecule has 1 aliphatic rings. The zero-order chi connectivity index (χ0) is 15.8. The zero-order valence-electron chi connectivity index (χ0n) is 13.4. The lowest BCUT2D eigenvalue weighted by Gasteiger charge is -2.17. The normalized spacial score (nSPS) is 15.0. The molecule has 1 saturated heterocycles. The molecule has 120 valence electrons. The highest BCUT2D eigenvalue weighted by atomic mass is 16.2. The molecule has 1 fully saturated rings. The molecule has 1 aromatic heterocycles. The Bertz CT molecular complexity index is 523. The molecule has 6 heteroatoms. The van der Waals surface area contributed by atoms with E-state index in [9.17, 15) is 4.79 Å². The van der Waals surface area contributed by atoms with Gasteiger partial charge in [0.2, 0.25) is 5.91 Å². The molecular weight excluding hydrogens is 278 g/mol. The summed E-state index contributed by atoms with van der Waals surface area (Å²) in [4.78, 5) is 22.9. The van der Waals surface area contributed by atoms with Gasteiger partial charge in [-0.25, -0.2) is 4.99 Å². The van der Waals surface area contributed by atoms with Crippen LogP contribution in [0.4, 0.5) is 0 Å². The summed E-state index contributed by atoms with van der Waals surface area (Å²) in [5.41, 5.74) is 1.90. The summed E-state index contributed by atoms with van der Waals surface area (Å²) in [6, 6.07) is 5.89. The third-order valence-electron chi connectivity index (χ3n) is 3.56. The van der Waals surface area contributed by atoms with Gasteiger partial charge < -0.3 is 15.5 Å². The Balaban J connectivity index is 1.88. The van der Waals surface area contributed by atoms with Crippen molar-refractivity contribution in [2.45, 2.75) is 33.2 Å². The third-order valence-corrected chi connectivity index (χ3v) is 3.56. The van der Waals surface area contributed by atoms with Crippen molar-refractivity contribution < 1.29 is 4.79 Å². The maximum atomic E-state index is 12.0. The molecule has 2 N–H and O–H groups in total. The number of carbonyl (C=O) groups excluding carboxylic acids is 1. The fourth-order valence-electron chi connectivity index (χ4n) is 2.43. The van der Waals surface area contributed by atoms with E-state index < -0.39 is 0 Å². The lowest BCUT2D eigenvalue weighted by molar-refractivity contribution is -0.128. The summed E-state index contributed by atoms with van der Waals surface area (Å²) < 4.78 is 0. The quantitative estimate of drug-likeness (QED) is 0.630. The number of pyridine rings is 1. The molecule has 0 aromatic carbocycles. The molecule has 6 nitrogen and oxygen atoms in total. The van der Waals surface area contributed by atoms with Crippen molar-refractivity contribution >= 4 is 11.9 Å². The van der Waals surface area contributed by atoms with Crippen molar-refractivity contribution in [2.24, 2.45) is 4.99 Å². The molecule has 0 spiro atoms. The van der Waals surface area contributed by atoms with E-state index >= 15 is 0 Å². The minimum atomic E-state index is 0.136. The van der Waals surface area contributed by atoms with Gasteiger partial charge in [-0.3, -0.25) is 9.78 Å². The van der Waals surface area contributed by atoms with Crippen LogP contribution in [0.1, 0.15) is 31.2 Å². The number of hydrogen-bond donors (Lipinski definition) is 2. The molecule has 0 bridgehead atoms. The minimum Gasteiger partial charge on any atom is -0.357 e. The van der Waals surface area contributed by atoms with Gasteiger partial charge in [0, 0.05) is 25.3 Å². The zero-order valence-corrected chi connectivity index (χ0v) is 13.4. The molecule has 0 atom stereocenters. The average molecular weight is 303 g/mol. The number of carbonyl (C=O) groups is 1. The van der Waals surface area contributed by atoms with Crippen LogP contribution in [0.5, 0.6) is 0 Å². The molecule has 1 aliphatic heterocycles. The van der Waals surface area contributed by atoms with Crippen molar-refractivity contribution in [2.75, 3.05) is 26.2 Å². The molecule has 0 radical (unpaired) electrons. The Morgan fingerprint density at radius 1 is 1.32 bits per heavy atom. The van der Waals surface area contributed by atoms with Crippen LogP contribution in [0, 0.1) is 6.92 Å². The highest BCUT2D eigenvalue weighted by molar-refractivity contribution is 5.86. The first-order valence-corrected chi connectivity index (χ1v) is 7.91. The summed E-state index contributed by atoms with van der Waals surface area (Å²) >= 11 is 0. The number of aromatic nitrogens is 1. The fraction of sp³-hybridized carbons (Fsp3) is 0.562. The van der Waals surface area contributed by atoms with E-state index in [0.717, 1.165) is 43.9 Å². The van der Waals surface area contributed by atoms with Crippen LogP contribution in [-0.4, -0.2) is 47.9 Å². The predicted molar refractivity (Wildman–Crippen MR) is 87.6 cm³/mol. The topological polar surface area (TPSA) is 69.6 Å². The number of likely N-dealkylation sites (tertiary alicyclic amines) is 1. The molecule has 0 unspecified atom stereocenters. The van der Waals surface area contributed by atoms with Crippen LogP contribution in [0.2, 0.25) is 0 Å². The standard InChI is InChI=1S/C16H25N5O/c1-3-17-16(18-11-14-8-6-7-13(2)20-14)19-12-15(22)21-9-4-5-10-21/h6-8H,3-5,9-12H2,1-2H3,(H2,17,18,19). The third kappa shape index (κ3) is 5.02. The van der Waals surface area contributed by atoms with E-state index in [1.54, 1.807) is 0 Å². The summed E-state index contributed by atoms with van der Waals surface area (Å²) in [7, 11) is 0. The lowest BCUT2D eigenvalue weighted by atomic mass is 10.3. The second kappa shape index (κ2) is 8.36. The summed E-state index contributed by atoms with van der Waals surface area (Å²) in [5, 5.41) is 6.26. The van der Waals surface area contributed by atoms with Gasteiger partial charge in [-0.05, 0) is 38.8 Å². The average Bonchev–Trinajstić information content (AvgIpc) is 3.04. The number of nitrogens with one attached hydrogen (secondary N) is 2. The highest BCUT2D eigenvalue weighted by Gasteiger charge is 2.17. The second-order valence-corrected chi connectivity index (χ2v) is 5.41. The minimum absolute atomic E-state index is 0.136. The molecule has 22 heavy (non-hydrogen) atoms. The number of rotatable bonds is 5. The Morgan fingerprint density at radius 2 is 2.09 bits per heavy atom. The van der Waals surface area contributed by atoms with Crippen molar-refractivity contribution in [3.8, 4) is 0 Å². The van der Waals surface area contributed by atoms with Gasteiger partial charge in [0.1, 0.15) is 0 Å². The van der Waals surface area contributed by atoms with Gasteiger partial charge in [0.05, 0.1) is 18.8 Å². The highest BCUT2D eigenvalue weighted by Crippen LogP contribution is 2.06. The molecule has 1 amide bonds. The summed E-state index contributed by atoms with van der Waals surface area (Å²) in [6.07, 6.45) is 2.22. The van der Waals surface area contributed by atoms with Gasteiger partial charge in [0.15, 0.2) is 5.96 Å². The fourth-order valence-corrected chi connectivity index (χ4v) is 2.43. The molecule has 2 heterocycles. The van der Waals surface area contributed by atoms with E-state index in [4.69, 9.17) is 0 Å². The van der Waals surface area contributed by atoms with Crippen LogP contribution < -0.4 is 10.6 Å². The van der Waals surface area contributed by atoms with Gasteiger partial charge in [-0.1, -0.05) is 6.07 Å². The van der Waals surface area contributed by atoms with Gasteiger partial charge in [0.25, 0.3) is 0 Å². The molecular formula is C16H25N5O. The van der Waals surface area contributed by atoms with Gasteiger partial charge in [-0.15, -0.1) is 0 Å². The first-order chi connectivity index (χ1) is 10.7. The summed E-state index contributed by atoms with van der Waals surface area (Å²) in [5.74, 6) is 0.787. The van der Waals surface area contributed by atoms with Crippen molar-refractivity contribution in [3.05, 3.63) is 29.6 Å². The Morgan fingerprint density at radius 3 is 2.77 bits per heavy atom. The van der Waals surface area contributed by atoms with E-state index in [0.29, 0.717) is 12.5 Å². The van der Waals surface area contributed by atoms with Crippen LogP contribution in [0.25, 0.3) is 0 Å². The maximum absolute atomic E-state index is 12.0. The molecule has 2 rings (SSSR count). The predicted octanol–water partition coefficient (Wildman–Crippen LogP) is 1.07. The van der Waals surface area contributed by atoms with Crippen LogP contribution in [-0.2, 0) is 11.3 Å². The second-order valence-electron chi connectivity index (χ2n) is 5.41. The number of aryl methyl sites for hydroxylation is 1. The van der Waals surface area contributed by atoms with Crippen LogP contribution >= 0.6 is 0 Å². The first-order valence-electron chi connectivity index (χ1n) is 7.91. The van der Waals surface area contributed by atoms with Gasteiger partial charge >= 0.3 is 0 Å². The van der Waals surface area contributed by atoms with Crippen molar-refractivity contribution in [3.63, 3.8) is 0 Å². The maximum Gasteiger partial charge on any atom is 0.241 e. The summed E-state index contributed by atoms with van der Waals surface area (Å²) in [6.45, 7) is 7.26. The van der Waals surface area contributed by atoms with Gasteiger partial charge in [-0.2, -0.15) is 0 Å². The number of amides is 1. The molecule has 0 aliphatic carbocycles. The number of aliphatic imine (C=N–C) groups is 1. The number of nitrogens with zero attached hydrogens (tertiary/aromatic N) is 3. The number of guanidine groups is 1. The van der Waals surface area contributed by atoms with E-state index in [1.165, 1.54) is 0 Å². The number of hydrogen-bond acceptors (Lipinski definition) is 3. The van der Waals surface area contributed by atoms with Crippen molar-refractivity contribution in [1.29, 1.82) is 0 Å². The largest absolute Gasteiger partial charge is 0.357 e. The van der Waals surface area contributed by atoms with E-state index in [1.807, 2.05) is 36.9 Å². The lowest BCUT2D eigenvalue weighted by Crippen LogP contribution is -2.44. The Hall–Kier alpha value is -2.11.